The number of aromatic nitrogens is 1. The van der Waals surface area contributed by atoms with Gasteiger partial charge in [0.25, 0.3) is 0 Å². The highest BCUT2D eigenvalue weighted by Gasteiger charge is 2.02. The molecule has 0 aliphatic heterocycles. The first-order chi connectivity index (χ1) is 8.29. The van der Waals surface area contributed by atoms with Crippen molar-refractivity contribution in [3.63, 3.8) is 0 Å². The highest BCUT2D eigenvalue weighted by Crippen LogP contribution is 2.19. The first-order valence-electron chi connectivity index (χ1n) is 5.30. The summed E-state index contributed by atoms with van der Waals surface area (Å²) in [5.41, 5.74) is 7.67. The first-order valence-corrected chi connectivity index (χ1v) is 5.67. The van der Waals surface area contributed by atoms with Crippen LogP contribution in [-0.4, -0.2) is 4.98 Å². The molecule has 0 atom stereocenters. The third-order valence-electron chi connectivity index (χ3n) is 2.41. The maximum Gasteiger partial charge on any atom is 0.121 e. The second-order valence-electron chi connectivity index (χ2n) is 3.59. The minimum Gasteiger partial charge on any atom is -0.489 e. The molecule has 2 rings (SSSR count). The van der Waals surface area contributed by atoms with E-state index < -0.39 is 0 Å². The summed E-state index contributed by atoms with van der Waals surface area (Å²) >= 11 is 5.88. The number of hydrogen-bond acceptors (Lipinski definition) is 3. The van der Waals surface area contributed by atoms with Crippen LogP contribution in [0, 0.1) is 0 Å². The average molecular weight is 249 g/mol. The second kappa shape index (κ2) is 5.66. The fraction of sp³-hybridized carbons (Fsp3) is 0.154. The molecule has 0 spiro atoms. The second-order valence-corrected chi connectivity index (χ2v) is 4.03. The summed E-state index contributed by atoms with van der Waals surface area (Å²) in [6.45, 7) is 0.928. The van der Waals surface area contributed by atoms with E-state index in [0.717, 1.165) is 16.9 Å². The molecule has 0 bridgehead atoms. The van der Waals surface area contributed by atoms with E-state index in [9.17, 15) is 0 Å². The van der Waals surface area contributed by atoms with Crippen molar-refractivity contribution < 1.29 is 4.74 Å². The van der Waals surface area contributed by atoms with Crippen LogP contribution < -0.4 is 10.5 Å². The Kier molecular flexibility index (Phi) is 3.96. The molecule has 0 unspecified atom stereocenters. The molecule has 0 radical (unpaired) electrons. The molecule has 0 fully saturated rings. The summed E-state index contributed by atoms with van der Waals surface area (Å²) < 4.78 is 5.65. The number of nitrogens with zero attached hydrogens (tertiary/aromatic N) is 1. The van der Waals surface area contributed by atoms with E-state index in [-0.39, 0.29) is 0 Å². The Morgan fingerprint density at radius 2 is 2.12 bits per heavy atom. The Labute approximate surface area is 105 Å². The van der Waals surface area contributed by atoms with Crippen LogP contribution >= 0.6 is 11.6 Å². The van der Waals surface area contributed by atoms with Gasteiger partial charge >= 0.3 is 0 Å². The number of ether oxygens (including phenoxy) is 1. The number of halogens is 1. The molecular weight excluding hydrogens is 236 g/mol. The molecule has 1 aromatic heterocycles. The van der Waals surface area contributed by atoms with Crippen LogP contribution in [0.2, 0.25) is 5.02 Å². The third-order valence-corrected chi connectivity index (χ3v) is 2.65. The van der Waals surface area contributed by atoms with Gasteiger partial charge in [0, 0.05) is 24.0 Å². The highest BCUT2D eigenvalue weighted by atomic mass is 35.5. The molecular formula is C13H13ClN2O. The minimum atomic E-state index is 0.460. The zero-order valence-electron chi connectivity index (χ0n) is 9.27. The van der Waals surface area contributed by atoms with Crippen molar-refractivity contribution in [1.29, 1.82) is 0 Å². The van der Waals surface area contributed by atoms with Gasteiger partial charge in [-0.2, -0.15) is 0 Å². The van der Waals surface area contributed by atoms with Gasteiger partial charge in [0.05, 0.1) is 0 Å². The van der Waals surface area contributed by atoms with Crippen molar-refractivity contribution in [3.8, 4) is 5.75 Å². The zero-order chi connectivity index (χ0) is 12.1. The van der Waals surface area contributed by atoms with Crippen LogP contribution in [0.15, 0.2) is 42.7 Å². The summed E-state index contributed by atoms with van der Waals surface area (Å²) in [6.07, 6.45) is 3.49. The number of benzene rings is 1. The number of rotatable bonds is 4. The Morgan fingerprint density at radius 3 is 2.88 bits per heavy atom. The van der Waals surface area contributed by atoms with Gasteiger partial charge < -0.3 is 10.5 Å². The van der Waals surface area contributed by atoms with Crippen molar-refractivity contribution in [3.05, 3.63) is 58.9 Å². The van der Waals surface area contributed by atoms with Crippen molar-refractivity contribution in [2.45, 2.75) is 13.2 Å². The van der Waals surface area contributed by atoms with Crippen LogP contribution in [0.4, 0.5) is 0 Å². The molecule has 88 valence electrons. The predicted octanol–water partition coefficient (Wildman–Crippen LogP) is 2.77. The molecule has 0 saturated heterocycles. The predicted molar refractivity (Wildman–Crippen MR) is 67.9 cm³/mol. The Hall–Kier alpha value is -1.58. The smallest absolute Gasteiger partial charge is 0.121 e. The van der Waals surface area contributed by atoms with E-state index in [1.54, 1.807) is 18.5 Å². The van der Waals surface area contributed by atoms with Gasteiger partial charge in [-0.3, -0.25) is 4.98 Å². The summed E-state index contributed by atoms with van der Waals surface area (Å²) in [5.74, 6) is 0.747. The minimum absolute atomic E-state index is 0.460. The largest absolute Gasteiger partial charge is 0.489 e. The maximum atomic E-state index is 5.88. The fourth-order valence-electron chi connectivity index (χ4n) is 1.50. The van der Waals surface area contributed by atoms with Crippen molar-refractivity contribution in [2.24, 2.45) is 5.73 Å². The van der Waals surface area contributed by atoms with Gasteiger partial charge in [0.2, 0.25) is 0 Å². The van der Waals surface area contributed by atoms with Crippen molar-refractivity contribution >= 4 is 11.6 Å². The van der Waals surface area contributed by atoms with E-state index in [4.69, 9.17) is 22.1 Å². The van der Waals surface area contributed by atoms with E-state index in [1.807, 2.05) is 24.3 Å². The topological polar surface area (TPSA) is 48.1 Å². The Bertz CT molecular complexity index is 502. The third kappa shape index (κ3) is 3.19. The van der Waals surface area contributed by atoms with E-state index in [0.29, 0.717) is 18.2 Å². The van der Waals surface area contributed by atoms with Gasteiger partial charge in [0.1, 0.15) is 12.4 Å². The normalized spacial score (nSPS) is 10.2. The van der Waals surface area contributed by atoms with Gasteiger partial charge in [-0.05, 0) is 35.4 Å². The summed E-state index contributed by atoms with van der Waals surface area (Å²) in [7, 11) is 0. The lowest BCUT2D eigenvalue weighted by molar-refractivity contribution is 0.305. The first kappa shape index (κ1) is 11.9. The molecule has 2 N–H and O–H groups in total. The molecule has 17 heavy (non-hydrogen) atoms. The fourth-order valence-corrected chi connectivity index (χ4v) is 1.68. The molecule has 1 heterocycles. The number of nitrogens with two attached hydrogens (primary N) is 1. The molecule has 0 aliphatic carbocycles. The Morgan fingerprint density at radius 1 is 1.24 bits per heavy atom. The van der Waals surface area contributed by atoms with Gasteiger partial charge in [-0.15, -0.1) is 0 Å². The monoisotopic (exact) mass is 248 g/mol. The number of pyridine rings is 1. The van der Waals surface area contributed by atoms with Gasteiger partial charge in [0.15, 0.2) is 0 Å². The lowest BCUT2D eigenvalue weighted by Gasteiger charge is -2.09. The van der Waals surface area contributed by atoms with Crippen molar-refractivity contribution in [1.82, 2.24) is 4.98 Å². The van der Waals surface area contributed by atoms with Crippen LogP contribution in [0.25, 0.3) is 0 Å². The van der Waals surface area contributed by atoms with Crippen LogP contribution in [0.3, 0.4) is 0 Å². The number of hydrogen-bond donors (Lipinski definition) is 1. The highest BCUT2D eigenvalue weighted by molar-refractivity contribution is 6.30. The molecule has 0 aliphatic rings. The average Bonchev–Trinajstić information content (AvgIpc) is 2.37. The van der Waals surface area contributed by atoms with E-state index >= 15 is 0 Å². The lowest BCUT2D eigenvalue weighted by Crippen LogP contribution is -2.05. The maximum absolute atomic E-state index is 5.88. The molecule has 2 aromatic rings. The van der Waals surface area contributed by atoms with Gasteiger partial charge in [-0.25, -0.2) is 0 Å². The summed E-state index contributed by atoms with van der Waals surface area (Å²) in [5, 5.41) is 0.663. The molecule has 1 aromatic carbocycles. The van der Waals surface area contributed by atoms with Gasteiger partial charge in [-0.1, -0.05) is 17.7 Å². The SMILES string of the molecule is NCc1cnccc1COc1cccc(Cl)c1. The summed E-state index contributed by atoms with van der Waals surface area (Å²) in [4.78, 5) is 4.03. The van der Waals surface area contributed by atoms with Crippen LogP contribution in [-0.2, 0) is 13.2 Å². The van der Waals surface area contributed by atoms with Crippen LogP contribution in [0.1, 0.15) is 11.1 Å². The molecule has 4 heteroatoms. The zero-order valence-corrected chi connectivity index (χ0v) is 10.0. The van der Waals surface area contributed by atoms with Crippen molar-refractivity contribution in [2.75, 3.05) is 0 Å². The standard InChI is InChI=1S/C13H13ClN2O/c14-12-2-1-3-13(6-12)17-9-10-4-5-16-8-11(10)7-15/h1-6,8H,7,9,15H2. The van der Waals surface area contributed by atoms with E-state index in [2.05, 4.69) is 4.98 Å². The lowest BCUT2D eigenvalue weighted by atomic mass is 10.1. The molecule has 0 amide bonds. The quantitative estimate of drug-likeness (QED) is 0.905. The molecule has 0 saturated carbocycles. The summed E-state index contributed by atoms with van der Waals surface area (Å²) in [6, 6.07) is 9.23. The van der Waals surface area contributed by atoms with E-state index in [1.165, 1.54) is 0 Å². The molecule has 3 nitrogen and oxygen atoms in total. The Balaban J connectivity index is 2.07. The van der Waals surface area contributed by atoms with Crippen LogP contribution in [0.5, 0.6) is 5.75 Å².